The Morgan fingerprint density at radius 3 is 2.37 bits per heavy atom. The topological polar surface area (TPSA) is 108 Å². The second-order valence-electron chi connectivity index (χ2n) is 8.07. The van der Waals surface area contributed by atoms with E-state index in [0.717, 1.165) is 11.1 Å². The fraction of sp³-hybridized carbons (Fsp3) is 0.148. The zero-order chi connectivity index (χ0) is 24.9. The minimum atomic E-state index is -1.20. The van der Waals surface area contributed by atoms with Gasteiger partial charge in [0.05, 0.1) is 11.4 Å². The number of nitrogens with zero attached hydrogens (tertiary/aromatic N) is 2. The molecule has 176 valence electrons. The zero-order valence-corrected chi connectivity index (χ0v) is 19.3. The third-order valence-electron chi connectivity index (χ3n) is 5.74. The number of benzodiazepines with no additional fused rings is 1. The number of aldehydes is 1. The Kier molecular flexibility index (Phi) is 6.82. The minimum Gasteiger partial charge on any atom is -0.341 e. The van der Waals surface area contributed by atoms with Gasteiger partial charge in [-0.15, -0.1) is 0 Å². The monoisotopic (exact) mass is 468 g/mol. The molecular weight excluding hydrogens is 444 g/mol. The highest BCUT2D eigenvalue weighted by atomic mass is 16.2. The summed E-state index contributed by atoms with van der Waals surface area (Å²) in [4.78, 5) is 56.2. The lowest BCUT2D eigenvalue weighted by Gasteiger charge is -2.22. The number of fused-ring (bicyclic) bond motifs is 1. The van der Waals surface area contributed by atoms with Crippen LogP contribution in [0.2, 0.25) is 0 Å². The van der Waals surface area contributed by atoms with Crippen LogP contribution in [0.1, 0.15) is 38.8 Å². The lowest BCUT2D eigenvalue weighted by Crippen LogP contribution is -2.52. The van der Waals surface area contributed by atoms with Gasteiger partial charge >= 0.3 is 0 Å². The van der Waals surface area contributed by atoms with E-state index in [1.165, 1.54) is 24.0 Å². The first kappa shape index (κ1) is 23.6. The van der Waals surface area contributed by atoms with E-state index in [9.17, 15) is 19.2 Å². The van der Waals surface area contributed by atoms with Crippen LogP contribution < -0.4 is 15.5 Å². The Morgan fingerprint density at radius 1 is 0.971 bits per heavy atom. The molecule has 3 aromatic carbocycles. The van der Waals surface area contributed by atoms with E-state index in [1.807, 2.05) is 54.6 Å². The molecule has 1 aliphatic rings. The average molecular weight is 469 g/mol. The Morgan fingerprint density at radius 2 is 1.63 bits per heavy atom. The van der Waals surface area contributed by atoms with Gasteiger partial charge in [-0.05, 0) is 19.1 Å². The number of likely N-dealkylation sites (N-methyl/N-ethyl adjacent to an activating group) is 1. The van der Waals surface area contributed by atoms with Gasteiger partial charge in [-0.2, -0.15) is 0 Å². The van der Waals surface area contributed by atoms with Crippen molar-refractivity contribution >= 4 is 35.4 Å². The molecule has 0 saturated heterocycles. The van der Waals surface area contributed by atoms with Crippen molar-refractivity contribution in [3.05, 3.63) is 101 Å². The summed E-state index contributed by atoms with van der Waals surface area (Å²) in [5.74, 6) is -1.57. The van der Waals surface area contributed by atoms with Crippen molar-refractivity contribution in [2.45, 2.75) is 19.1 Å². The van der Waals surface area contributed by atoms with E-state index in [4.69, 9.17) is 0 Å². The van der Waals surface area contributed by atoms with Gasteiger partial charge in [0, 0.05) is 29.3 Å². The predicted molar refractivity (Wildman–Crippen MR) is 133 cm³/mol. The van der Waals surface area contributed by atoms with Crippen molar-refractivity contribution < 1.29 is 19.2 Å². The molecule has 3 amide bonds. The van der Waals surface area contributed by atoms with Gasteiger partial charge in [0.25, 0.3) is 11.8 Å². The quantitative estimate of drug-likeness (QED) is 0.542. The fourth-order valence-electron chi connectivity index (χ4n) is 3.85. The Balaban J connectivity index is 1.60. The van der Waals surface area contributed by atoms with Crippen molar-refractivity contribution in [3.8, 4) is 0 Å². The molecule has 1 aliphatic heterocycles. The maximum absolute atomic E-state index is 13.2. The summed E-state index contributed by atoms with van der Waals surface area (Å²) in [6.45, 7) is 1.50. The van der Waals surface area contributed by atoms with E-state index < -0.39 is 29.9 Å². The number of hydrogen-bond acceptors (Lipinski definition) is 5. The largest absolute Gasteiger partial charge is 0.341 e. The second kappa shape index (κ2) is 10.1. The molecule has 3 aromatic rings. The first-order valence-electron chi connectivity index (χ1n) is 11.1. The van der Waals surface area contributed by atoms with Gasteiger partial charge in [0.15, 0.2) is 6.29 Å². The molecule has 2 atom stereocenters. The van der Waals surface area contributed by atoms with Gasteiger partial charge in [0.1, 0.15) is 6.04 Å². The van der Waals surface area contributed by atoms with E-state index >= 15 is 0 Å². The van der Waals surface area contributed by atoms with Crippen LogP contribution in [-0.4, -0.2) is 49.0 Å². The van der Waals surface area contributed by atoms with Crippen LogP contribution in [0.3, 0.4) is 0 Å². The summed E-state index contributed by atoms with van der Waals surface area (Å²) >= 11 is 0. The normalized spacial score (nSPS) is 15.8. The summed E-state index contributed by atoms with van der Waals surface area (Å²) < 4.78 is 0. The highest BCUT2D eigenvalue weighted by Crippen LogP contribution is 2.27. The summed E-state index contributed by atoms with van der Waals surface area (Å²) in [6, 6.07) is 22.1. The van der Waals surface area contributed by atoms with Crippen LogP contribution in [0.4, 0.5) is 5.69 Å². The maximum Gasteiger partial charge on any atom is 0.272 e. The molecule has 0 saturated carbocycles. The molecule has 8 nitrogen and oxygen atoms in total. The van der Waals surface area contributed by atoms with Crippen LogP contribution >= 0.6 is 0 Å². The SMILES string of the molecule is CC(NC(=O)c1ccccc1C=O)C(=O)N[C@H]1N=C(c2ccccc2)c2ccccc2N(C)C1=O. The minimum absolute atomic E-state index is 0.160. The molecule has 0 fully saturated rings. The van der Waals surface area contributed by atoms with Gasteiger partial charge in [-0.25, -0.2) is 4.99 Å². The van der Waals surface area contributed by atoms with Crippen molar-refractivity contribution in [2.24, 2.45) is 4.99 Å². The summed E-state index contributed by atoms with van der Waals surface area (Å²) in [5, 5.41) is 5.24. The molecule has 0 bridgehead atoms. The van der Waals surface area contributed by atoms with Gasteiger partial charge in [0.2, 0.25) is 12.1 Å². The molecule has 8 heteroatoms. The molecule has 35 heavy (non-hydrogen) atoms. The third-order valence-corrected chi connectivity index (χ3v) is 5.74. The van der Waals surface area contributed by atoms with E-state index in [2.05, 4.69) is 15.6 Å². The standard InChI is InChI=1S/C27H24N4O4/c1-17(28-26(34)20-13-7-6-12-19(20)16-32)25(33)30-24-27(35)31(2)22-15-9-8-14-21(22)23(29-24)18-10-4-3-5-11-18/h3-17,24H,1-2H3,(H,28,34)(H,30,33)/t17?,24-/m1/s1. The summed E-state index contributed by atoms with van der Waals surface area (Å²) in [6.07, 6.45) is -0.617. The van der Waals surface area contributed by atoms with E-state index in [-0.39, 0.29) is 11.1 Å². The smallest absolute Gasteiger partial charge is 0.272 e. The summed E-state index contributed by atoms with van der Waals surface area (Å²) in [7, 11) is 1.63. The Bertz CT molecular complexity index is 1320. The Hall–Kier alpha value is -4.59. The number of nitrogens with one attached hydrogen (secondary N) is 2. The van der Waals surface area contributed by atoms with Crippen LogP contribution in [0.5, 0.6) is 0 Å². The lowest BCUT2D eigenvalue weighted by molar-refractivity contribution is -0.128. The zero-order valence-electron chi connectivity index (χ0n) is 19.3. The van der Waals surface area contributed by atoms with Crippen LogP contribution in [0.25, 0.3) is 0 Å². The summed E-state index contributed by atoms with van der Waals surface area (Å²) in [5.41, 5.74) is 3.18. The number of anilines is 1. The molecule has 0 aliphatic carbocycles. The molecule has 2 N–H and O–H groups in total. The highest BCUT2D eigenvalue weighted by Gasteiger charge is 2.32. The molecule has 0 aromatic heterocycles. The van der Waals surface area contributed by atoms with Gasteiger partial charge in [-0.1, -0.05) is 66.7 Å². The first-order chi connectivity index (χ1) is 16.9. The van der Waals surface area contributed by atoms with Crippen LogP contribution in [0.15, 0.2) is 83.9 Å². The fourth-order valence-corrected chi connectivity index (χ4v) is 3.85. The number of benzene rings is 3. The number of carbonyl (C=O) groups excluding carboxylic acids is 4. The number of rotatable bonds is 6. The number of para-hydroxylation sites is 1. The number of aliphatic imine (C=N–C) groups is 1. The first-order valence-corrected chi connectivity index (χ1v) is 11.1. The third kappa shape index (κ3) is 4.86. The maximum atomic E-state index is 13.2. The average Bonchev–Trinajstić information content (AvgIpc) is 2.99. The van der Waals surface area contributed by atoms with E-state index in [1.54, 1.807) is 19.2 Å². The highest BCUT2D eigenvalue weighted by molar-refractivity contribution is 6.20. The van der Waals surface area contributed by atoms with E-state index in [0.29, 0.717) is 17.7 Å². The van der Waals surface area contributed by atoms with Crippen molar-refractivity contribution in [2.75, 3.05) is 11.9 Å². The van der Waals surface area contributed by atoms with Crippen molar-refractivity contribution in [1.82, 2.24) is 10.6 Å². The molecule has 0 radical (unpaired) electrons. The second-order valence-corrected chi connectivity index (χ2v) is 8.07. The van der Waals surface area contributed by atoms with Gasteiger partial charge in [-0.3, -0.25) is 19.2 Å². The van der Waals surface area contributed by atoms with Crippen LogP contribution in [0, 0.1) is 0 Å². The van der Waals surface area contributed by atoms with Gasteiger partial charge < -0.3 is 15.5 Å². The molecule has 1 unspecified atom stereocenters. The predicted octanol–water partition coefficient (Wildman–Crippen LogP) is 2.57. The van der Waals surface area contributed by atoms with Crippen LogP contribution in [-0.2, 0) is 9.59 Å². The Labute approximate surface area is 202 Å². The molecule has 1 heterocycles. The number of carbonyl (C=O) groups is 4. The van der Waals surface area contributed by atoms with Crippen molar-refractivity contribution in [3.63, 3.8) is 0 Å². The molecule has 4 rings (SSSR count). The molecular formula is C27H24N4O4. The van der Waals surface area contributed by atoms with Crippen molar-refractivity contribution in [1.29, 1.82) is 0 Å². The lowest BCUT2D eigenvalue weighted by atomic mass is 10.0. The number of amides is 3. The molecule has 0 spiro atoms. The number of hydrogen-bond donors (Lipinski definition) is 2.